The summed E-state index contributed by atoms with van der Waals surface area (Å²) in [6.45, 7) is 3.90. The third-order valence-electron chi connectivity index (χ3n) is 2.91. The number of carbonyl (C=O) groups is 1. The van der Waals surface area contributed by atoms with Gasteiger partial charge >= 0.3 is 0 Å². The van der Waals surface area contributed by atoms with Crippen LogP contribution in [-0.2, 0) is 5.41 Å². The Morgan fingerprint density at radius 2 is 1.75 bits per heavy atom. The van der Waals surface area contributed by atoms with E-state index in [1.54, 1.807) is 6.20 Å². The second-order valence-electron chi connectivity index (χ2n) is 4.40. The number of hydrogen-bond acceptors (Lipinski definition) is 1. The second-order valence-corrected chi connectivity index (χ2v) is 4.40. The average Bonchev–Trinajstić information content (AvgIpc) is 2.82. The van der Waals surface area contributed by atoms with Gasteiger partial charge in [-0.1, -0.05) is 30.3 Å². The molecule has 2 heteroatoms. The van der Waals surface area contributed by atoms with Gasteiger partial charge in [0.2, 0.25) is 0 Å². The van der Waals surface area contributed by atoms with Crippen molar-refractivity contribution < 1.29 is 4.79 Å². The Morgan fingerprint density at radius 1 is 1.06 bits per heavy atom. The molecule has 1 heterocycles. The van der Waals surface area contributed by atoms with E-state index in [4.69, 9.17) is 0 Å². The van der Waals surface area contributed by atoms with E-state index in [0.717, 1.165) is 5.56 Å². The van der Waals surface area contributed by atoms with Crippen LogP contribution in [0, 0.1) is 0 Å². The minimum atomic E-state index is -0.494. The molecule has 0 saturated carbocycles. The first kappa shape index (κ1) is 10.7. The van der Waals surface area contributed by atoms with Gasteiger partial charge in [0.25, 0.3) is 0 Å². The predicted octanol–water partition coefficient (Wildman–Crippen LogP) is 3.18. The number of hydrogen-bond donors (Lipinski definition) is 1. The topological polar surface area (TPSA) is 32.9 Å². The summed E-state index contributed by atoms with van der Waals surface area (Å²) in [6.07, 6.45) is 1.77. The molecule has 2 rings (SSSR count). The zero-order chi connectivity index (χ0) is 11.6. The van der Waals surface area contributed by atoms with Crippen molar-refractivity contribution in [2.45, 2.75) is 19.3 Å². The van der Waals surface area contributed by atoms with Crippen LogP contribution in [-0.4, -0.2) is 10.8 Å². The lowest BCUT2D eigenvalue weighted by molar-refractivity contribution is 0.0904. The van der Waals surface area contributed by atoms with E-state index < -0.39 is 5.41 Å². The normalized spacial score (nSPS) is 11.4. The smallest absolute Gasteiger partial charge is 0.188 e. The lowest BCUT2D eigenvalue weighted by atomic mass is 9.79. The fraction of sp³-hybridized carbons (Fsp3) is 0.214. The second kappa shape index (κ2) is 3.97. The van der Waals surface area contributed by atoms with Crippen LogP contribution in [0.5, 0.6) is 0 Å². The SMILES string of the molecule is CC(C)(C(=O)c1ccc[nH]1)c1ccccc1. The van der Waals surface area contributed by atoms with E-state index in [9.17, 15) is 4.79 Å². The molecule has 0 fully saturated rings. The number of benzene rings is 1. The molecule has 1 aromatic heterocycles. The maximum Gasteiger partial charge on any atom is 0.188 e. The molecule has 0 aliphatic carbocycles. The lowest BCUT2D eigenvalue weighted by Crippen LogP contribution is -2.29. The van der Waals surface area contributed by atoms with Gasteiger partial charge in [0.05, 0.1) is 11.1 Å². The molecule has 0 saturated heterocycles. The summed E-state index contributed by atoms with van der Waals surface area (Å²) in [6, 6.07) is 13.5. The summed E-state index contributed by atoms with van der Waals surface area (Å²) in [5, 5.41) is 0. The summed E-state index contributed by atoms with van der Waals surface area (Å²) in [5.74, 6) is 0.115. The van der Waals surface area contributed by atoms with Crippen molar-refractivity contribution in [1.82, 2.24) is 4.98 Å². The predicted molar refractivity (Wildman–Crippen MR) is 64.6 cm³/mol. The van der Waals surface area contributed by atoms with E-state index in [1.165, 1.54) is 0 Å². The van der Waals surface area contributed by atoms with Crippen LogP contribution in [0.2, 0.25) is 0 Å². The number of ketones is 1. The van der Waals surface area contributed by atoms with Crippen LogP contribution in [0.3, 0.4) is 0 Å². The van der Waals surface area contributed by atoms with Gasteiger partial charge in [0.15, 0.2) is 5.78 Å². The Hall–Kier alpha value is -1.83. The van der Waals surface area contributed by atoms with Crippen molar-refractivity contribution in [3.05, 3.63) is 59.9 Å². The first-order chi connectivity index (χ1) is 7.62. The molecule has 2 nitrogen and oxygen atoms in total. The number of aromatic nitrogens is 1. The monoisotopic (exact) mass is 213 g/mol. The summed E-state index contributed by atoms with van der Waals surface area (Å²) in [7, 11) is 0. The van der Waals surface area contributed by atoms with Crippen molar-refractivity contribution in [3.8, 4) is 0 Å². The molecule has 0 amide bonds. The molecule has 0 unspecified atom stereocenters. The number of nitrogens with one attached hydrogen (secondary N) is 1. The Morgan fingerprint density at radius 3 is 2.31 bits per heavy atom. The Kier molecular flexibility index (Phi) is 2.65. The third kappa shape index (κ3) is 1.78. The van der Waals surface area contributed by atoms with Gasteiger partial charge in [0.1, 0.15) is 0 Å². The molecular formula is C14H15NO. The number of carbonyl (C=O) groups excluding carboxylic acids is 1. The van der Waals surface area contributed by atoms with Crippen LogP contribution in [0.1, 0.15) is 29.9 Å². The highest BCUT2D eigenvalue weighted by molar-refractivity contribution is 6.02. The highest BCUT2D eigenvalue weighted by Gasteiger charge is 2.30. The molecule has 0 spiro atoms. The standard InChI is InChI=1S/C14H15NO/c1-14(2,11-7-4-3-5-8-11)13(16)12-9-6-10-15-12/h3-10,15H,1-2H3. The molecule has 82 valence electrons. The highest BCUT2D eigenvalue weighted by Crippen LogP contribution is 2.26. The minimum absolute atomic E-state index is 0.115. The van der Waals surface area contributed by atoms with Crippen LogP contribution < -0.4 is 0 Å². The van der Waals surface area contributed by atoms with E-state index >= 15 is 0 Å². The van der Waals surface area contributed by atoms with E-state index in [1.807, 2.05) is 56.3 Å². The van der Waals surface area contributed by atoms with Crippen molar-refractivity contribution in [3.63, 3.8) is 0 Å². The van der Waals surface area contributed by atoms with Crippen LogP contribution in [0.15, 0.2) is 48.7 Å². The Labute approximate surface area is 95.3 Å². The Balaban J connectivity index is 2.36. The van der Waals surface area contributed by atoms with Crippen LogP contribution >= 0.6 is 0 Å². The largest absolute Gasteiger partial charge is 0.359 e. The third-order valence-corrected chi connectivity index (χ3v) is 2.91. The summed E-state index contributed by atoms with van der Waals surface area (Å²) in [4.78, 5) is 15.3. The maximum absolute atomic E-state index is 12.3. The molecule has 1 aromatic carbocycles. The molecule has 0 radical (unpaired) electrons. The van der Waals surface area contributed by atoms with Crippen molar-refractivity contribution >= 4 is 5.78 Å². The van der Waals surface area contributed by atoms with Crippen molar-refractivity contribution in [2.24, 2.45) is 0 Å². The summed E-state index contributed by atoms with van der Waals surface area (Å²) < 4.78 is 0. The van der Waals surface area contributed by atoms with E-state index in [-0.39, 0.29) is 5.78 Å². The first-order valence-electron chi connectivity index (χ1n) is 5.36. The van der Waals surface area contributed by atoms with E-state index in [2.05, 4.69) is 4.98 Å². The summed E-state index contributed by atoms with van der Waals surface area (Å²) >= 11 is 0. The van der Waals surface area contributed by atoms with Crippen molar-refractivity contribution in [1.29, 1.82) is 0 Å². The zero-order valence-corrected chi connectivity index (χ0v) is 9.53. The van der Waals surface area contributed by atoms with Crippen LogP contribution in [0.25, 0.3) is 0 Å². The quantitative estimate of drug-likeness (QED) is 0.780. The van der Waals surface area contributed by atoms with Crippen LogP contribution in [0.4, 0.5) is 0 Å². The number of aromatic amines is 1. The fourth-order valence-corrected chi connectivity index (χ4v) is 1.79. The molecule has 0 aliphatic heterocycles. The van der Waals surface area contributed by atoms with Gasteiger partial charge in [-0.2, -0.15) is 0 Å². The molecule has 0 atom stereocenters. The molecule has 1 N–H and O–H groups in total. The molecule has 2 aromatic rings. The first-order valence-corrected chi connectivity index (χ1v) is 5.36. The van der Waals surface area contributed by atoms with Gasteiger partial charge in [-0.3, -0.25) is 4.79 Å². The highest BCUT2D eigenvalue weighted by atomic mass is 16.1. The minimum Gasteiger partial charge on any atom is -0.359 e. The Bertz CT molecular complexity index is 469. The van der Waals surface area contributed by atoms with Gasteiger partial charge in [0, 0.05) is 6.20 Å². The van der Waals surface area contributed by atoms with E-state index in [0.29, 0.717) is 5.69 Å². The maximum atomic E-state index is 12.3. The fourth-order valence-electron chi connectivity index (χ4n) is 1.79. The molecular weight excluding hydrogens is 198 g/mol. The van der Waals surface area contributed by atoms with Crippen molar-refractivity contribution in [2.75, 3.05) is 0 Å². The van der Waals surface area contributed by atoms with Gasteiger partial charge < -0.3 is 4.98 Å². The number of Topliss-reactive ketones (excluding diaryl/α,β-unsaturated/α-hetero) is 1. The van der Waals surface area contributed by atoms with Gasteiger partial charge in [-0.25, -0.2) is 0 Å². The molecule has 0 aliphatic rings. The molecule has 16 heavy (non-hydrogen) atoms. The average molecular weight is 213 g/mol. The van der Waals surface area contributed by atoms with Gasteiger partial charge in [-0.15, -0.1) is 0 Å². The molecule has 0 bridgehead atoms. The summed E-state index contributed by atoms with van der Waals surface area (Å²) in [5.41, 5.74) is 1.20. The zero-order valence-electron chi connectivity index (χ0n) is 9.53. The van der Waals surface area contributed by atoms with Gasteiger partial charge in [-0.05, 0) is 31.5 Å². The number of H-pyrrole nitrogens is 1. The number of rotatable bonds is 3. The lowest BCUT2D eigenvalue weighted by Gasteiger charge is -2.22.